The summed E-state index contributed by atoms with van der Waals surface area (Å²) in [5.41, 5.74) is 9.35. The van der Waals surface area contributed by atoms with Gasteiger partial charge in [-0.15, -0.1) is 11.3 Å². The highest BCUT2D eigenvalue weighted by Gasteiger charge is 2.18. The molecule has 3 aromatic rings. The lowest BCUT2D eigenvalue weighted by Crippen LogP contribution is -2.17. The lowest BCUT2D eigenvalue weighted by Gasteiger charge is -1.99. The Morgan fingerprint density at radius 3 is 2.96 bits per heavy atom. The van der Waals surface area contributed by atoms with E-state index in [0.29, 0.717) is 32.0 Å². The van der Waals surface area contributed by atoms with Gasteiger partial charge in [0.1, 0.15) is 17.0 Å². The van der Waals surface area contributed by atoms with Crippen molar-refractivity contribution in [2.45, 2.75) is 6.92 Å². The van der Waals surface area contributed by atoms with E-state index >= 15 is 0 Å². The lowest BCUT2D eigenvalue weighted by molar-refractivity contribution is -0.384. The van der Waals surface area contributed by atoms with Gasteiger partial charge in [-0.1, -0.05) is 12.1 Å². The van der Waals surface area contributed by atoms with E-state index in [-0.39, 0.29) is 5.69 Å². The Morgan fingerprint density at radius 1 is 1.44 bits per heavy atom. The van der Waals surface area contributed by atoms with Crippen LogP contribution in [0.5, 0.6) is 0 Å². The van der Waals surface area contributed by atoms with Gasteiger partial charge in [-0.25, -0.2) is 15.4 Å². The number of anilines is 1. The van der Waals surface area contributed by atoms with Gasteiger partial charge in [0, 0.05) is 17.7 Å². The van der Waals surface area contributed by atoms with Crippen molar-refractivity contribution in [3.8, 4) is 0 Å². The molecule has 0 aliphatic carbocycles. The number of aromatic nitrogens is 2. The fraction of sp³-hybridized carbons (Fsp3) is 0.0667. The first-order valence-electron chi connectivity index (χ1n) is 7.05. The molecule has 0 radical (unpaired) electrons. The summed E-state index contributed by atoms with van der Waals surface area (Å²) in [4.78, 5) is 31.6. The first-order chi connectivity index (χ1) is 12.0. The summed E-state index contributed by atoms with van der Waals surface area (Å²) >= 11 is 1.19. The van der Waals surface area contributed by atoms with Crippen LogP contribution < -0.4 is 11.2 Å². The maximum absolute atomic E-state index is 12.3. The summed E-state index contributed by atoms with van der Waals surface area (Å²) in [5.74, 6) is -0.0977. The van der Waals surface area contributed by atoms with E-state index in [1.54, 1.807) is 19.1 Å². The van der Waals surface area contributed by atoms with Crippen molar-refractivity contribution in [2.75, 3.05) is 5.73 Å². The normalized spacial score (nSPS) is 11.1. The number of amides is 1. The van der Waals surface area contributed by atoms with Gasteiger partial charge in [-0.05, 0) is 12.5 Å². The van der Waals surface area contributed by atoms with Gasteiger partial charge in [-0.2, -0.15) is 5.10 Å². The molecule has 25 heavy (non-hydrogen) atoms. The molecule has 3 rings (SSSR count). The van der Waals surface area contributed by atoms with Gasteiger partial charge in [-0.3, -0.25) is 14.9 Å². The monoisotopic (exact) mass is 356 g/mol. The molecular formula is C15H12N6O3S. The molecule has 2 aromatic heterocycles. The van der Waals surface area contributed by atoms with Gasteiger partial charge < -0.3 is 5.73 Å². The molecule has 0 unspecified atom stereocenters. The number of aryl methyl sites for hydroxylation is 1. The second kappa shape index (κ2) is 6.61. The van der Waals surface area contributed by atoms with Crippen LogP contribution in [0.15, 0.2) is 35.7 Å². The predicted molar refractivity (Wildman–Crippen MR) is 94.7 cm³/mol. The van der Waals surface area contributed by atoms with Gasteiger partial charge in [0.05, 0.1) is 21.4 Å². The highest BCUT2D eigenvalue weighted by atomic mass is 32.1. The number of hydrogen-bond donors (Lipinski definition) is 2. The number of fused-ring (bicyclic) bond motifs is 1. The van der Waals surface area contributed by atoms with Crippen molar-refractivity contribution in [3.63, 3.8) is 0 Å². The lowest BCUT2D eigenvalue weighted by atomic mass is 10.2. The van der Waals surface area contributed by atoms with Gasteiger partial charge in [0.15, 0.2) is 0 Å². The topological polar surface area (TPSA) is 136 Å². The smallest absolute Gasteiger partial charge is 0.281 e. The summed E-state index contributed by atoms with van der Waals surface area (Å²) < 4.78 is 0. The zero-order valence-corrected chi connectivity index (χ0v) is 13.8. The molecule has 0 atom stereocenters. The second-order valence-corrected chi connectivity index (χ2v) is 6.05. The van der Waals surface area contributed by atoms with Crippen molar-refractivity contribution in [1.29, 1.82) is 0 Å². The van der Waals surface area contributed by atoms with E-state index in [1.165, 1.54) is 36.0 Å². The van der Waals surface area contributed by atoms with Crippen molar-refractivity contribution in [3.05, 3.63) is 56.7 Å². The largest absolute Gasteiger partial charge is 0.383 e. The van der Waals surface area contributed by atoms with Crippen molar-refractivity contribution in [2.24, 2.45) is 5.10 Å². The average molecular weight is 356 g/mol. The van der Waals surface area contributed by atoms with E-state index in [9.17, 15) is 14.9 Å². The number of nitrogens with two attached hydrogens (primary N) is 1. The zero-order valence-electron chi connectivity index (χ0n) is 13.0. The molecule has 0 aliphatic rings. The molecular weight excluding hydrogens is 344 g/mol. The van der Waals surface area contributed by atoms with Crippen LogP contribution in [0.3, 0.4) is 0 Å². The SMILES string of the molecule is Cc1c(C(=O)N/N=C\c2cccc([N+](=O)[O-])c2)sc2ncnc(N)c12. The number of carbonyl (C=O) groups excluding carboxylic acids is 1. The van der Waals surface area contributed by atoms with Crippen molar-refractivity contribution >= 4 is 45.2 Å². The van der Waals surface area contributed by atoms with E-state index in [0.717, 1.165) is 0 Å². The van der Waals surface area contributed by atoms with Crippen LogP contribution in [0.4, 0.5) is 11.5 Å². The van der Waals surface area contributed by atoms with Crippen LogP contribution in [0.1, 0.15) is 20.8 Å². The highest BCUT2D eigenvalue weighted by Crippen LogP contribution is 2.31. The predicted octanol–water partition coefficient (Wildman–Crippen LogP) is 2.25. The minimum atomic E-state index is -0.498. The maximum atomic E-state index is 12.3. The minimum absolute atomic E-state index is 0.0512. The molecule has 3 N–H and O–H groups in total. The molecule has 0 saturated carbocycles. The summed E-state index contributed by atoms with van der Waals surface area (Å²) in [7, 11) is 0. The Labute approximate surface area is 145 Å². The fourth-order valence-corrected chi connectivity index (χ4v) is 3.30. The molecule has 0 aliphatic heterocycles. The van der Waals surface area contributed by atoms with Crippen molar-refractivity contribution in [1.82, 2.24) is 15.4 Å². The quantitative estimate of drug-likeness (QED) is 0.418. The number of hydrazone groups is 1. The molecule has 0 fully saturated rings. The fourth-order valence-electron chi connectivity index (χ4n) is 2.25. The number of nitro benzene ring substituents is 1. The molecule has 1 aromatic carbocycles. The van der Waals surface area contributed by atoms with Gasteiger partial charge >= 0.3 is 0 Å². The molecule has 9 nitrogen and oxygen atoms in total. The summed E-state index contributed by atoms with van der Waals surface area (Å²) in [5, 5.41) is 15.2. The number of nitrogens with one attached hydrogen (secondary N) is 1. The van der Waals surface area contributed by atoms with Gasteiger partial charge in [0.2, 0.25) is 0 Å². The Balaban J connectivity index is 1.79. The standard InChI is InChI=1S/C15H12N6O3S/c1-8-11-13(16)17-7-18-15(11)25-12(8)14(22)20-19-6-9-3-2-4-10(5-9)21(23)24/h2-7H,1H3,(H,20,22)(H2,16,17,18)/b19-6-. The van der Waals surface area contributed by atoms with Crippen LogP contribution in [0.2, 0.25) is 0 Å². The molecule has 2 heterocycles. The number of nitro groups is 1. The first kappa shape index (κ1) is 16.5. The van der Waals surface area contributed by atoms with E-state index in [1.807, 2.05) is 0 Å². The van der Waals surface area contributed by atoms with Gasteiger partial charge in [0.25, 0.3) is 11.6 Å². The average Bonchev–Trinajstić information content (AvgIpc) is 2.93. The second-order valence-electron chi connectivity index (χ2n) is 5.05. The number of carbonyl (C=O) groups is 1. The van der Waals surface area contributed by atoms with Crippen LogP contribution >= 0.6 is 11.3 Å². The summed E-state index contributed by atoms with van der Waals surface area (Å²) in [6.07, 6.45) is 2.68. The van der Waals surface area contributed by atoms with E-state index in [2.05, 4.69) is 20.5 Å². The molecule has 0 saturated heterocycles. The number of benzene rings is 1. The van der Waals surface area contributed by atoms with Crippen LogP contribution in [0.25, 0.3) is 10.2 Å². The van der Waals surface area contributed by atoms with E-state index < -0.39 is 10.8 Å². The van der Waals surface area contributed by atoms with E-state index in [4.69, 9.17) is 5.73 Å². The number of thiophene rings is 1. The third-order valence-corrected chi connectivity index (χ3v) is 4.62. The first-order valence-corrected chi connectivity index (χ1v) is 7.86. The minimum Gasteiger partial charge on any atom is -0.383 e. The molecule has 0 bridgehead atoms. The number of nitrogen functional groups attached to an aromatic ring is 1. The Bertz CT molecular complexity index is 1010. The summed E-state index contributed by atoms with van der Waals surface area (Å²) in [6.45, 7) is 1.76. The Morgan fingerprint density at radius 2 is 2.24 bits per heavy atom. The molecule has 126 valence electrons. The molecule has 1 amide bonds. The van der Waals surface area contributed by atoms with Crippen LogP contribution in [0, 0.1) is 17.0 Å². The maximum Gasteiger partial charge on any atom is 0.281 e. The number of non-ortho nitro benzene ring substituents is 1. The number of nitrogens with zero attached hydrogens (tertiary/aromatic N) is 4. The van der Waals surface area contributed by atoms with Crippen molar-refractivity contribution < 1.29 is 9.72 Å². The highest BCUT2D eigenvalue weighted by molar-refractivity contribution is 7.20. The Kier molecular flexibility index (Phi) is 4.35. The number of rotatable bonds is 4. The zero-order chi connectivity index (χ0) is 18.0. The Hall–Kier alpha value is -3.40. The third kappa shape index (κ3) is 3.28. The molecule has 10 heteroatoms. The number of hydrogen-bond acceptors (Lipinski definition) is 8. The van der Waals surface area contributed by atoms with Crippen LogP contribution in [-0.4, -0.2) is 27.0 Å². The summed E-state index contributed by atoms with van der Waals surface area (Å²) in [6, 6.07) is 5.92. The molecule has 0 spiro atoms. The van der Waals surface area contributed by atoms with Crippen LogP contribution in [-0.2, 0) is 0 Å². The third-order valence-electron chi connectivity index (χ3n) is 3.42.